The molecular formula is C30H37N7O6S. The van der Waals surface area contributed by atoms with Gasteiger partial charge in [-0.2, -0.15) is 12.7 Å². The van der Waals surface area contributed by atoms with E-state index in [9.17, 15) is 23.1 Å². The van der Waals surface area contributed by atoms with Crippen molar-refractivity contribution in [1.82, 2.24) is 24.1 Å². The number of hydrogen-bond donors (Lipinski definition) is 2. The molecule has 14 heteroatoms. The second kappa shape index (κ2) is 11.5. The molecule has 3 aliphatic rings. The number of ether oxygens (including phenoxy) is 1. The number of piperazine rings is 1. The number of carbonyl (C=O) groups is 2. The molecule has 234 valence electrons. The summed E-state index contributed by atoms with van der Waals surface area (Å²) in [6.07, 6.45) is 5.68. The Hall–Kier alpha value is -4.01. The topological polar surface area (TPSA) is 149 Å². The Labute approximate surface area is 256 Å². The molecule has 0 atom stereocenters. The van der Waals surface area contributed by atoms with Gasteiger partial charge in [-0.3, -0.25) is 14.5 Å². The summed E-state index contributed by atoms with van der Waals surface area (Å²) < 4.78 is 36.7. The molecule has 1 aromatic carbocycles. The fraction of sp³-hybridized carbons (Fsp3) is 0.467. The van der Waals surface area contributed by atoms with Crippen LogP contribution in [0.15, 0.2) is 36.7 Å². The predicted octanol–water partition coefficient (Wildman–Crippen LogP) is 2.98. The number of carbonyl (C=O) groups excluding carboxylic acids is 1. The minimum atomic E-state index is -4.03. The van der Waals surface area contributed by atoms with Crippen LogP contribution in [0.3, 0.4) is 0 Å². The van der Waals surface area contributed by atoms with Crippen molar-refractivity contribution in [3.63, 3.8) is 0 Å². The average Bonchev–Trinajstić information content (AvgIpc) is 3.22. The van der Waals surface area contributed by atoms with Crippen LogP contribution < -0.4 is 14.4 Å². The summed E-state index contributed by atoms with van der Waals surface area (Å²) in [5, 5.41) is 10.2. The Bertz CT molecular complexity index is 1720. The standard InChI is InChI=1S/C30H37N7O6S/c1-34(2)10-5-15-43-27-24(33-44(41,42)37-13-11-36(12-14-37)29(39)40)17-21(18-32-27)20-6-7-23-22(16-20)26-25(19-31-23)35(3)28(38)30(26)8-4-9-30/h6-7,16-19,33H,4-5,8-15H2,1-3H3,(H,39,40). The zero-order valence-electron chi connectivity index (χ0n) is 25.1. The Morgan fingerprint density at radius 3 is 2.50 bits per heavy atom. The zero-order chi connectivity index (χ0) is 31.2. The highest BCUT2D eigenvalue weighted by molar-refractivity contribution is 7.90. The number of hydrogen-bond acceptors (Lipinski definition) is 8. The SMILES string of the molecule is CN(C)CCCOc1ncc(-c2ccc3ncc4c(c3c2)C2(CCC2)C(=O)N4C)cc1NS(=O)(=O)N1CCN(C(=O)O)CC1. The first-order valence-corrected chi connectivity index (χ1v) is 16.2. The number of rotatable bonds is 9. The quantitative estimate of drug-likeness (QED) is 0.343. The van der Waals surface area contributed by atoms with Crippen LogP contribution in [0.4, 0.5) is 16.2 Å². The third-order valence-corrected chi connectivity index (χ3v) is 10.4. The van der Waals surface area contributed by atoms with Gasteiger partial charge >= 0.3 is 16.3 Å². The van der Waals surface area contributed by atoms with Crippen LogP contribution in [0.5, 0.6) is 5.88 Å². The molecule has 2 fully saturated rings. The average molecular weight is 624 g/mol. The molecular weight excluding hydrogens is 586 g/mol. The highest BCUT2D eigenvalue weighted by Crippen LogP contribution is 2.55. The van der Waals surface area contributed by atoms with Crippen molar-refractivity contribution < 1.29 is 27.9 Å². The number of aromatic nitrogens is 2. The van der Waals surface area contributed by atoms with E-state index in [1.807, 2.05) is 37.2 Å². The van der Waals surface area contributed by atoms with Gasteiger partial charge in [0.1, 0.15) is 5.69 Å². The lowest BCUT2D eigenvalue weighted by atomic mass is 9.64. The Morgan fingerprint density at radius 1 is 1.09 bits per heavy atom. The van der Waals surface area contributed by atoms with Gasteiger partial charge in [0.2, 0.25) is 11.8 Å². The molecule has 1 saturated heterocycles. The van der Waals surface area contributed by atoms with Crippen molar-refractivity contribution in [3.05, 3.63) is 42.2 Å². The summed E-state index contributed by atoms with van der Waals surface area (Å²) in [6, 6.07) is 7.53. The van der Waals surface area contributed by atoms with Gasteiger partial charge in [0.15, 0.2) is 0 Å². The van der Waals surface area contributed by atoms with E-state index in [0.29, 0.717) is 12.2 Å². The maximum Gasteiger partial charge on any atom is 0.407 e. The first-order chi connectivity index (χ1) is 21.0. The van der Waals surface area contributed by atoms with Crippen LogP contribution in [0, 0.1) is 0 Å². The summed E-state index contributed by atoms with van der Waals surface area (Å²) in [6.45, 7) is 1.36. The molecule has 13 nitrogen and oxygen atoms in total. The molecule has 0 unspecified atom stereocenters. The van der Waals surface area contributed by atoms with Crippen molar-refractivity contribution in [3.8, 4) is 17.0 Å². The second-order valence-electron chi connectivity index (χ2n) is 11.9. The number of fused-ring (bicyclic) bond motifs is 4. The summed E-state index contributed by atoms with van der Waals surface area (Å²) in [7, 11) is 1.69. The number of likely N-dealkylation sites (N-methyl/N-ethyl adjacent to an activating group) is 1. The molecule has 2 aliphatic heterocycles. The number of amides is 2. The minimum absolute atomic E-state index is 0.0332. The molecule has 3 aromatic rings. The van der Waals surface area contributed by atoms with Gasteiger partial charge in [0, 0.05) is 62.5 Å². The van der Waals surface area contributed by atoms with Gasteiger partial charge in [-0.1, -0.05) is 12.5 Å². The fourth-order valence-electron chi connectivity index (χ4n) is 6.32. The van der Waals surface area contributed by atoms with Gasteiger partial charge < -0.3 is 24.5 Å². The van der Waals surface area contributed by atoms with E-state index >= 15 is 0 Å². The highest BCUT2D eigenvalue weighted by atomic mass is 32.2. The van der Waals surface area contributed by atoms with E-state index in [4.69, 9.17) is 4.74 Å². The van der Waals surface area contributed by atoms with E-state index < -0.39 is 21.7 Å². The number of anilines is 2. The zero-order valence-corrected chi connectivity index (χ0v) is 25.9. The normalized spacial score (nSPS) is 18.1. The van der Waals surface area contributed by atoms with Gasteiger partial charge in [0.25, 0.3) is 0 Å². The monoisotopic (exact) mass is 623 g/mol. The number of nitrogens with one attached hydrogen (secondary N) is 1. The summed E-state index contributed by atoms with van der Waals surface area (Å²) in [5.41, 5.74) is 3.77. The molecule has 1 saturated carbocycles. The van der Waals surface area contributed by atoms with Gasteiger partial charge in [-0.05, 0) is 57.1 Å². The lowest BCUT2D eigenvalue weighted by Crippen LogP contribution is -2.51. The molecule has 2 amide bonds. The van der Waals surface area contributed by atoms with E-state index in [2.05, 4.69) is 14.7 Å². The maximum absolute atomic E-state index is 13.4. The van der Waals surface area contributed by atoms with E-state index in [1.54, 1.807) is 30.4 Å². The van der Waals surface area contributed by atoms with Crippen LogP contribution in [0.1, 0.15) is 31.2 Å². The van der Waals surface area contributed by atoms with Gasteiger partial charge in [0.05, 0.1) is 29.4 Å². The van der Waals surface area contributed by atoms with Crippen molar-refractivity contribution in [1.29, 1.82) is 0 Å². The van der Waals surface area contributed by atoms with Crippen molar-refractivity contribution >= 4 is 44.5 Å². The van der Waals surface area contributed by atoms with Crippen LogP contribution in [-0.2, 0) is 20.4 Å². The largest absolute Gasteiger partial charge is 0.476 e. The number of pyridine rings is 2. The van der Waals surface area contributed by atoms with Crippen LogP contribution >= 0.6 is 0 Å². The molecule has 2 N–H and O–H groups in total. The Morgan fingerprint density at radius 2 is 1.84 bits per heavy atom. The smallest absolute Gasteiger partial charge is 0.407 e. The highest BCUT2D eigenvalue weighted by Gasteiger charge is 2.54. The van der Waals surface area contributed by atoms with Crippen molar-refractivity contribution in [2.75, 3.05) is 70.1 Å². The van der Waals surface area contributed by atoms with Crippen molar-refractivity contribution in [2.45, 2.75) is 31.1 Å². The molecule has 2 aromatic heterocycles. The summed E-state index contributed by atoms with van der Waals surface area (Å²) >= 11 is 0. The Balaban J connectivity index is 1.35. The maximum atomic E-state index is 13.4. The van der Waals surface area contributed by atoms with Crippen LogP contribution in [0.2, 0.25) is 0 Å². The third-order valence-electron chi connectivity index (χ3n) is 8.87. The molecule has 4 heterocycles. The lowest BCUT2D eigenvalue weighted by Gasteiger charge is -2.37. The Kier molecular flexibility index (Phi) is 7.84. The van der Waals surface area contributed by atoms with Gasteiger partial charge in [-0.15, -0.1) is 0 Å². The molecule has 0 bridgehead atoms. The molecule has 1 aliphatic carbocycles. The second-order valence-corrected chi connectivity index (χ2v) is 13.6. The van der Waals surface area contributed by atoms with Gasteiger partial charge in [-0.25, -0.2) is 9.78 Å². The van der Waals surface area contributed by atoms with E-state index in [1.165, 1.54) is 9.21 Å². The predicted molar refractivity (Wildman–Crippen MR) is 166 cm³/mol. The summed E-state index contributed by atoms with van der Waals surface area (Å²) in [4.78, 5) is 38.7. The number of nitrogens with zero attached hydrogens (tertiary/aromatic N) is 6. The van der Waals surface area contributed by atoms with E-state index in [-0.39, 0.29) is 43.7 Å². The summed E-state index contributed by atoms with van der Waals surface area (Å²) in [5.74, 6) is 0.265. The first kappa shape index (κ1) is 30.0. The van der Waals surface area contributed by atoms with Crippen LogP contribution in [-0.4, -0.2) is 110 Å². The fourth-order valence-corrected chi connectivity index (χ4v) is 7.52. The molecule has 6 rings (SSSR count). The molecule has 44 heavy (non-hydrogen) atoms. The lowest BCUT2D eigenvalue weighted by molar-refractivity contribution is -0.125. The number of carboxylic acid groups (broad SMARTS) is 1. The number of benzene rings is 1. The molecule has 0 radical (unpaired) electrons. The van der Waals surface area contributed by atoms with E-state index in [0.717, 1.165) is 59.9 Å². The molecule has 1 spiro atoms. The van der Waals surface area contributed by atoms with Crippen LogP contribution in [0.25, 0.3) is 22.0 Å². The van der Waals surface area contributed by atoms with Crippen molar-refractivity contribution in [2.24, 2.45) is 0 Å². The minimum Gasteiger partial charge on any atom is -0.476 e. The first-order valence-electron chi connectivity index (χ1n) is 14.8. The third kappa shape index (κ3) is 5.30.